The van der Waals surface area contributed by atoms with Crippen LogP contribution in [0, 0.1) is 0 Å². The van der Waals surface area contributed by atoms with E-state index in [9.17, 15) is 0 Å². The maximum Gasteiger partial charge on any atom is 0.0854 e. The Balaban J connectivity index is 2.59. The number of allylic oxidation sites excluding steroid dienone is 2. The number of aliphatic hydroxyl groups excluding tert-OH is 2. The first-order valence-electron chi connectivity index (χ1n) is 7.66. The predicted octanol–water partition coefficient (Wildman–Crippen LogP) is 2.24. The van der Waals surface area contributed by atoms with Gasteiger partial charge in [-0.05, 0) is 43.5 Å². The van der Waals surface area contributed by atoms with Crippen LogP contribution < -0.4 is 10.2 Å². The third-order valence-electron chi connectivity index (χ3n) is 3.15. The van der Waals surface area contributed by atoms with Crippen molar-refractivity contribution in [3.63, 3.8) is 0 Å². The second-order valence-corrected chi connectivity index (χ2v) is 4.94. The lowest BCUT2D eigenvalue weighted by Crippen LogP contribution is -2.29. The highest BCUT2D eigenvalue weighted by molar-refractivity contribution is 5.52. The molecule has 1 rings (SSSR count). The molecule has 1 aromatic carbocycles. The minimum absolute atomic E-state index is 0.0507. The summed E-state index contributed by atoms with van der Waals surface area (Å²) in [6.45, 7) is 3.62. The van der Waals surface area contributed by atoms with Crippen LogP contribution in [0.5, 0.6) is 0 Å². The second kappa shape index (κ2) is 11.4. The molecule has 0 aromatic heterocycles. The molecule has 23 heavy (non-hydrogen) atoms. The lowest BCUT2D eigenvalue weighted by atomic mass is 10.2. The molecule has 0 radical (unpaired) electrons. The fourth-order valence-electron chi connectivity index (χ4n) is 1.93. The molecule has 0 heterocycles. The number of aliphatic hydroxyl groups is 2. The van der Waals surface area contributed by atoms with Gasteiger partial charge in [0.25, 0.3) is 0 Å². The SMILES string of the molecule is CN/C=C\C(C)=C/CN=Nc1ccc(N(CCO)CCO)cc1. The Morgan fingerprint density at radius 1 is 1.17 bits per heavy atom. The van der Waals surface area contributed by atoms with Gasteiger partial charge in [-0.15, -0.1) is 0 Å². The average Bonchev–Trinajstić information content (AvgIpc) is 2.57. The van der Waals surface area contributed by atoms with E-state index in [1.807, 2.05) is 61.5 Å². The van der Waals surface area contributed by atoms with E-state index in [0.717, 1.165) is 16.9 Å². The highest BCUT2D eigenvalue weighted by atomic mass is 16.3. The Morgan fingerprint density at radius 3 is 2.39 bits per heavy atom. The molecule has 0 aliphatic carbocycles. The summed E-state index contributed by atoms with van der Waals surface area (Å²) in [6.07, 6.45) is 5.84. The highest BCUT2D eigenvalue weighted by Crippen LogP contribution is 2.19. The zero-order valence-corrected chi connectivity index (χ0v) is 13.8. The van der Waals surface area contributed by atoms with Crippen LogP contribution in [0.1, 0.15) is 6.92 Å². The van der Waals surface area contributed by atoms with Crippen molar-refractivity contribution in [1.29, 1.82) is 0 Å². The van der Waals surface area contributed by atoms with E-state index >= 15 is 0 Å². The van der Waals surface area contributed by atoms with E-state index in [2.05, 4.69) is 15.5 Å². The summed E-state index contributed by atoms with van der Waals surface area (Å²) in [7, 11) is 1.86. The second-order valence-electron chi connectivity index (χ2n) is 4.94. The fourth-order valence-corrected chi connectivity index (χ4v) is 1.93. The first kappa shape index (κ1) is 18.9. The Morgan fingerprint density at radius 2 is 1.83 bits per heavy atom. The molecule has 0 spiro atoms. The van der Waals surface area contributed by atoms with E-state index in [1.54, 1.807) is 0 Å². The molecule has 6 nitrogen and oxygen atoms in total. The summed E-state index contributed by atoms with van der Waals surface area (Å²) >= 11 is 0. The van der Waals surface area contributed by atoms with Crippen molar-refractivity contribution >= 4 is 11.4 Å². The molecule has 0 aliphatic heterocycles. The van der Waals surface area contributed by atoms with Crippen LogP contribution in [0.25, 0.3) is 0 Å². The van der Waals surface area contributed by atoms with Gasteiger partial charge in [0, 0.05) is 25.8 Å². The maximum absolute atomic E-state index is 9.05. The minimum atomic E-state index is 0.0507. The molecule has 126 valence electrons. The molecule has 0 amide bonds. The Kier molecular flexibility index (Phi) is 9.35. The van der Waals surface area contributed by atoms with Crippen molar-refractivity contribution in [2.45, 2.75) is 6.92 Å². The van der Waals surface area contributed by atoms with E-state index in [4.69, 9.17) is 10.2 Å². The van der Waals surface area contributed by atoms with Crippen LogP contribution >= 0.6 is 0 Å². The molecule has 1 aromatic rings. The summed E-state index contributed by atoms with van der Waals surface area (Å²) in [5, 5.41) is 29.3. The molecule has 0 unspecified atom stereocenters. The topological polar surface area (TPSA) is 80.5 Å². The molecule has 0 saturated heterocycles. The minimum Gasteiger partial charge on any atom is -0.395 e. The summed E-state index contributed by atoms with van der Waals surface area (Å²) < 4.78 is 0. The Bertz CT molecular complexity index is 518. The average molecular weight is 318 g/mol. The fraction of sp³-hybridized carbons (Fsp3) is 0.412. The zero-order valence-electron chi connectivity index (χ0n) is 13.8. The normalized spacial score (nSPS) is 12.3. The number of benzene rings is 1. The summed E-state index contributed by atoms with van der Waals surface area (Å²) in [6, 6.07) is 7.57. The third-order valence-corrected chi connectivity index (χ3v) is 3.15. The van der Waals surface area contributed by atoms with Gasteiger partial charge in [-0.3, -0.25) is 0 Å². The van der Waals surface area contributed by atoms with Crippen molar-refractivity contribution < 1.29 is 10.2 Å². The largest absolute Gasteiger partial charge is 0.395 e. The lowest BCUT2D eigenvalue weighted by Gasteiger charge is -2.22. The van der Waals surface area contributed by atoms with Gasteiger partial charge in [-0.25, -0.2) is 0 Å². The van der Waals surface area contributed by atoms with Crippen LogP contribution in [0.3, 0.4) is 0 Å². The molecular weight excluding hydrogens is 292 g/mol. The first-order valence-corrected chi connectivity index (χ1v) is 7.66. The van der Waals surface area contributed by atoms with Gasteiger partial charge in [0.05, 0.1) is 25.4 Å². The highest BCUT2D eigenvalue weighted by Gasteiger charge is 2.04. The Labute approximate surface area is 137 Å². The monoisotopic (exact) mass is 318 g/mol. The quantitative estimate of drug-likeness (QED) is 0.456. The molecule has 0 atom stereocenters. The third kappa shape index (κ3) is 7.58. The van der Waals surface area contributed by atoms with Crippen molar-refractivity contribution in [3.05, 3.63) is 48.2 Å². The van der Waals surface area contributed by atoms with E-state index < -0.39 is 0 Å². The van der Waals surface area contributed by atoms with Gasteiger partial charge in [-0.1, -0.05) is 11.6 Å². The number of anilines is 1. The van der Waals surface area contributed by atoms with Crippen LogP contribution in [0.4, 0.5) is 11.4 Å². The summed E-state index contributed by atoms with van der Waals surface area (Å²) in [5.41, 5.74) is 2.84. The number of nitrogens with one attached hydrogen (secondary N) is 1. The van der Waals surface area contributed by atoms with E-state index in [-0.39, 0.29) is 13.2 Å². The van der Waals surface area contributed by atoms with Crippen LogP contribution in [0.2, 0.25) is 0 Å². The van der Waals surface area contributed by atoms with Gasteiger partial charge in [0.1, 0.15) is 0 Å². The molecule has 0 saturated carbocycles. The number of azo groups is 1. The van der Waals surface area contributed by atoms with Gasteiger partial charge < -0.3 is 20.4 Å². The molecule has 6 heteroatoms. The smallest absolute Gasteiger partial charge is 0.0854 e. The van der Waals surface area contributed by atoms with Gasteiger partial charge in [0.15, 0.2) is 0 Å². The van der Waals surface area contributed by atoms with Crippen molar-refractivity contribution in [3.8, 4) is 0 Å². The van der Waals surface area contributed by atoms with Crippen molar-refractivity contribution in [2.75, 3.05) is 44.8 Å². The van der Waals surface area contributed by atoms with Gasteiger partial charge in [-0.2, -0.15) is 10.2 Å². The van der Waals surface area contributed by atoms with Gasteiger partial charge in [0.2, 0.25) is 0 Å². The number of hydrogen-bond acceptors (Lipinski definition) is 6. The predicted molar refractivity (Wildman–Crippen MR) is 94.2 cm³/mol. The van der Waals surface area contributed by atoms with Crippen molar-refractivity contribution in [1.82, 2.24) is 5.32 Å². The molecular formula is C17H26N4O2. The van der Waals surface area contributed by atoms with Gasteiger partial charge >= 0.3 is 0 Å². The molecule has 0 aliphatic rings. The first-order chi connectivity index (χ1) is 11.2. The summed E-state index contributed by atoms with van der Waals surface area (Å²) in [5.74, 6) is 0. The number of hydrogen-bond donors (Lipinski definition) is 3. The van der Waals surface area contributed by atoms with E-state index in [0.29, 0.717) is 19.6 Å². The maximum atomic E-state index is 9.05. The zero-order chi connectivity index (χ0) is 16.9. The lowest BCUT2D eigenvalue weighted by molar-refractivity contribution is 0.281. The van der Waals surface area contributed by atoms with Crippen LogP contribution in [0.15, 0.2) is 58.4 Å². The van der Waals surface area contributed by atoms with Crippen molar-refractivity contribution in [2.24, 2.45) is 10.2 Å². The van der Waals surface area contributed by atoms with Crippen LogP contribution in [-0.2, 0) is 0 Å². The Hall–Kier alpha value is -2.18. The summed E-state index contributed by atoms with van der Waals surface area (Å²) in [4.78, 5) is 1.92. The molecule has 0 bridgehead atoms. The van der Waals surface area contributed by atoms with E-state index in [1.165, 1.54) is 0 Å². The standard InChI is InChI=1S/C17H26N4O2/c1-15(7-9-18-2)8-10-19-20-16-3-5-17(6-4-16)21(11-13-22)12-14-23/h3-9,18,22-23H,10-14H2,1-2H3/b9-7-,15-8-,20-19?. The number of rotatable bonds is 10. The molecule has 3 N–H and O–H groups in total. The number of nitrogens with zero attached hydrogens (tertiary/aromatic N) is 3. The molecule has 0 fully saturated rings. The van der Waals surface area contributed by atoms with Crippen LogP contribution in [-0.4, -0.2) is 50.1 Å².